The first kappa shape index (κ1) is 18.7. The van der Waals surface area contributed by atoms with Crippen molar-refractivity contribution in [2.24, 2.45) is 0 Å². The summed E-state index contributed by atoms with van der Waals surface area (Å²) in [6.45, 7) is 1.84. The number of carbonyl (C=O) groups is 1. The van der Waals surface area contributed by atoms with Crippen molar-refractivity contribution in [2.45, 2.75) is 13.0 Å². The minimum absolute atomic E-state index is 0.418. The Hall–Kier alpha value is -2.09. The lowest BCUT2D eigenvalue weighted by atomic mass is 10.00. The topological polar surface area (TPSA) is 50.8 Å². The SMILES string of the molecule is COC(=O)C1=C(C)N(c2ccccc2OC)C(=S)N[C@@H]1c1ccc(Cl)s1. The lowest BCUT2D eigenvalue weighted by Crippen LogP contribution is -2.48. The molecule has 8 heteroatoms. The zero-order chi connectivity index (χ0) is 18.8. The molecule has 2 aromatic rings. The van der Waals surface area contributed by atoms with Gasteiger partial charge >= 0.3 is 5.97 Å². The second kappa shape index (κ2) is 7.65. The van der Waals surface area contributed by atoms with Crippen LogP contribution in [0.2, 0.25) is 4.34 Å². The largest absolute Gasteiger partial charge is 0.495 e. The number of thiophene rings is 1. The molecule has 1 aromatic carbocycles. The minimum Gasteiger partial charge on any atom is -0.495 e. The predicted molar refractivity (Wildman–Crippen MR) is 108 cm³/mol. The van der Waals surface area contributed by atoms with Crippen molar-refractivity contribution in [3.8, 4) is 5.75 Å². The van der Waals surface area contributed by atoms with Crippen LogP contribution in [0.4, 0.5) is 5.69 Å². The average Bonchev–Trinajstić information content (AvgIpc) is 3.07. The molecule has 1 N–H and O–H groups in total. The van der Waals surface area contributed by atoms with E-state index in [9.17, 15) is 4.79 Å². The van der Waals surface area contributed by atoms with E-state index in [0.717, 1.165) is 10.6 Å². The summed E-state index contributed by atoms with van der Waals surface area (Å²) >= 11 is 13.1. The number of nitrogens with one attached hydrogen (secondary N) is 1. The highest BCUT2D eigenvalue weighted by atomic mass is 35.5. The van der Waals surface area contributed by atoms with Crippen molar-refractivity contribution in [1.82, 2.24) is 5.32 Å². The molecule has 5 nitrogen and oxygen atoms in total. The summed E-state index contributed by atoms with van der Waals surface area (Å²) in [4.78, 5) is 15.2. The zero-order valence-corrected chi connectivity index (χ0v) is 16.8. The summed E-state index contributed by atoms with van der Waals surface area (Å²) < 4.78 is 11.1. The molecule has 0 radical (unpaired) electrons. The third kappa shape index (κ3) is 3.30. The maximum absolute atomic E-state index is 12.6. The molecule has 0 unspecified atom stereocenters. The van der Waals surface area contributed by atoms with E-state index in [1.54, 1.807) is 18.1 Å². The van der Waals surface area contributed by atoms with Crippen molar-refractivity contribution in [1.29, 1.82) is 0 Å². The highest BCUT2D eigenvalue weighted by Crippen LogP contribution is 2.39. The summed E-state index contributed by atoms with van der Waals surface area (Å²) in [6, 6.07) is 10.7. The number of carbonyl (C=O) groups excluding carboxylic acids is 1. The van der Waals surface area contributed by atoms with Crippen LogP contribution in [0.15, 0.2) is 47.7 Å². The number of hydrogen-bond acceptors (Lipinski definition) is 5. The average molecular weight is 409 g/mol. The van der Waals surface area contributed by atoms with E-state index < -0.39 is 12.0 Å². The van der Waals surface area contributed by atoms with Crippen LogP contribution in [0.5, 0.6) is 5.75 Å². The van der Waals surface area contributed by atoms with E-state index in [1.807, 2.05) is 37.3 Å². The van der Waals surface area contributed by atoms with E-state index in [-0.39, 0.29) is 0 Å². The van der Waals surface area contributed by atoms with Gasteiger partial charge in [0.2, 0.25) is 0 Å². The molecule has 0 saturated heterocycles. The number of nitrogens with zero attached hydrogens (tertiary/aromatic N) is 1. The van der Waals surface area contributed by atoms with Crippen LogP contribution < -0.4 is 15.0 Å². The van der Waals surface area contributed by atoms with Gasteiger partial charge in [0.15, 0.2) is 5.11 Å². The molecule has 0 aliphatic carbocycles. The Morgan fingerprint density at radius 1 is 1.27 bits per heavy atom. The van der Waals surface area contributed by atoms with E-state index in [0.29, 0.717) is 26.5 Å². The van der Waals surface area contributed by atoms with Crippen LogP contribution >= 0.6 is 35.2 Å². The lowest BCUT2D eigenvalue weighted by molar-refractivity contribution is -0.136. The fourth-order valence-corrected chi connectivity index (χ4v) is 4.39. The number of allylic oxidation sites excluding steroid dienone is 1. The number of ether oxygens (including phenoxy) is 2. The quantitative estimate of drug-likeness (QED) is 0.601. The highest BCUT2D eigenvalue weighted by Gasteiger charge is 2.36. The summed E-state index contributed by atoms with van der Waals surface area (Å²) in [5, 5.41) is 3.70. The Morgan fingerprint density at radius 2 is 2.00 bits per heavy atom. The summed E-state index contributed by atoms with van der Waals surface area (Å²) in [5.41, 5.74) is 1.90. The Bertz CT molecular complexity index is 894. The maximum Gasteiger partial charge on any atom is 0.338 e. The van der Waals surface area contributed by atoms with Gasteiger partial charge in [0, 0.05) is 10.6 Å². The second-order valence-corrected chi connectivity index (χ2v) is 7.66. The van der Waals surface area contributed by atoms with Gasteiger partial charge < -0.3 is 14.8 Å². The number of thiocarbonyl (C=S) groups is 1. The zero-order valence-electron chi connectivity index (χ0n) is 14.4. The molecule has 0 bridgehead atoms. The Morgan fingerprint density at radius 3 is 2.62 bits per heavy atom. The van der Waals surface area contributed by atoms with Gasteiger partial charge in [0.05, 0.1) is 35.9 Å². The molecule has 136 valence electrons. The number of halogens is 1. The first-order chi connectivity index (χ1) is 12.5. The van der Waals surface area contributed by atoms with Gasteiger partial charge in [-0.2, -0.15) is 0 Å². The Kier molecular flexibility index (Phi) is 5.50. The molecule has 2 heterocycles. The fraction of sp³-hybridized carbons (Fsp3) is 0.222. The normalized spacial score (nSPS) is 17.2. The van der Waals surface area contributed by atoms with Gasteiger partial charge in [-0.05, 0) is 43.4 Å². The third-order valence-electron chi connectivity index (χ3n) is 4.09. The second-order valence-electron chi connectivity index (χ2n) is 5.52. The van der Waals surface area contributed by atoms with E-state index in [1.165, 1.54) is 18.4 Å². The number of benzene rings is 1. The van der Waals surface area contributed by atoms with Crippen LogP contribution in [0, 0.1) is 0 Å². The molecule has 0 fully saturated rings. The lowest BCUT2D eigenvalue weighted by Gasteiger charge is -2.37. The van der Waals surface area contributed by atoms with Gasteiger partial charge in [-0.25, -0.2) is 4.79 Å². The molecule has 1 aliphatic rings. The van der Waals surface area contributed by atoms with Crippen LogP contribution in [0.3, 0.4) is 0 Å². The van der Waals surface area contributed by atoms with E-state index in [4.69, 9.17) is 33.3 Å². The van der Waals surface area contributed by atoms with E-state index in [2.05, 4.69) is 5.32 Å². The minimum atomic E-state index is -0.424. The number of methoxy groups -OCH3 is 2. The number of para-hydroxylation sites is 2. The number of esters is 1. The molecule has 1 atom stereocenters. The molecule has 0 saturated carbocycles. The number of anilines is 1. The Labute approximate surface area is 166 Å². The number of hydrogen-bond donors (Lipinski definition) is 1. The molecule has 3 rings (SSSR count). The van der Waals surface area contributed by atoms with Crippen LogP contribution in [-0.4, -0.2) is 25.3 Å². The molecular weight excluding hydrogens is 392 g/mol. The monoisotopic (exact) mass is 408 g/mol. The molecule has 1 aromatic heterocycles. The van der Waals surface area contributed by atoms with Crippen molar-refractivity contribution >= 4 is 51.9 Å². The molecular formula is C18H17ClN2O3S2. The molecule has 1 aliphatic heterocycles. The van der Waals surface area contributed by atoms with Gasteiger partial charge in [0.25, 0.3) is 0 Å². The standard InChI is InChI=1S/C18H17ClN2O3S2/c1-10-15(17(22)24-3)16(13-8-9-14(19)26-13)20-18(25)21(10)11-6-4-5-7-12(11)23-2/h4-9,16H,1-3H3,(H,20,25)/t16-/m1/s1. The first-order valence-electron chi connectivity index (χ1n) is 7.76. The molecule has 26 heavy (non-hydrogen) atoms. The molecule has 0 amide bonds. The highest BCUT2D eigenvalue weighted by molar-refractivity contribution is 7.80. The van der Waals surface area contributed by atoms with Crippen molar-refractivity contribution in [2.75, 3.05) is 19.1 Å². The van der Waals surface area contributed by atoms with Crippen LogP contribution in [0.1, 0.15) is 17.8 Å². The van der Waals surface area contributed by atoms with Crippen LogP contribution in [-0.2, 0) is 9.53 Å². The number of rotatable bonds is 4. The van der Waals surface area contributed by atoms with Gasteiger partial charge in [0.1, 0.15) is 5.75 Å². The van der Waals surface area contributed by atoms with Crippen LogP contribution in [0.25, 0.3) is 0 Å². The maximum atomic E-state index is 12.6. The summed E-state index contributed by atoms with van der Waals surface area (Å²) in [5.74, 6) is 0.227. The van der Waals surface area contributed by atoms with Gasteiger partial charge in [-0.3, -0.25) is 4.90 Å². The van der Waals surface area contributed by atoms with Crippen molar-refractivity contribution < 1.29 is 14.3 Å². The smallest absolute Gasteiger partial charge is 0.338 e. The Balaban J connectivity index is 2.16. The predicted octanol–water partition coefficient (Wildman–Crippen LogP) is 4.29. The van der Waals surface area contributed by atoms with Gasteiger partial charge in [-0.1, -0.05) is 23.7 Å². The molecule has 0 spiro atoms. The summed E-state index contributed by atoms with van der Waals surface area (Å²) in [7, 11) is 2.96. The van der Waals surface area contributed by atoms with Crippen molar-refractivity contribution in [3.63, 3.8) is 0 Å². The van der Waals surface area contributed by atoms with Crippen molar-refractivity contribution in [3.05, 3.63) is 56.9 Å². The van der Waals surface area contributed by atoms with Gasteiger partial charge in [-0.15, -0.1) is 11.3 Å². The fourth-order valence-electron chi connectivity index (χ4n) is 2.92. The third-order valence-corrected chi connectivity index (χ3v) is 5.69. The van der Waals surface area contributed by atoms with E-state index >= 15 is 0 Å². The summed E-state index contributed by atoms with van der Waals surface area (Å²) in [6.07, 6.45) is 0. The first-order valence-corrected chi connectivity index (χ1v) is 9.36.